The van der Waals surface area contributed by atoms with Crippen molar-refractivity contribution in [1.82, 2.24) is 0 Å². The quantitative estimate of drug-likeness (QED) is 0.773. The lowest BCUT2D eigenvalue weighted by Gasteiger charge is -2.10. The van der Waals surface area contributed by atoms with Gasteiger partial charge >= 0.3 is 0 Å². The summed E-state index contributed by atoms with van der Waals surface area (Å²) in [5.74, 6) is 0.709. The van der Waals surface area contributed by atoms with Gasteiger partial charge in [0.15, 0.2) is 5.78 Å². The van der Waals surface area contributed by atoms with Crippen molar-refractivity contribution in [3.63, 3.8) is 0 Å². The number of rotatable bonds is 3. The van der Waals surface area contributed by atoms with Crippen LogP contribution in [0.4, 0.5) is 0 Å². The van der Waals surface area contributed by atoms with Gasteiger partial charge in [0.05, 0.1) is 7.11 Å². The second-order valence-corrected chi connectivity index (χ2v) is 4.41. The maximum Gasteiger partial charge on any atom is 0.159 e. The van der Waals surface area contributed by atoms with Gasteiger partial charge in [0.2, 0.25) is 0 Å². The van der Waals surface area contributed by atoms with Gasteiger partial charge in [-0.3, -0.25) is 4.79 Å². The molecule has 0 spiro atoms. The zero-order valence-electron chi connectivity index (χ0n) is 10.2. The number of ketones is 1. The number of carbonyl (C=O) groups is 1. The predicted octanol–water partition coefficient (Wildman–Crippen LogP) is 4.22. The lowest BCUT2D eigenvalue weighted by Crippen LogP contribution is -1.95. The van der Waals surface area contributed by atoms with Crippen LogP contribution in [0, 0.1) is 0 Å². The van der Waals surface area contributed by atoms with Crippen molar-refractivity contribution in [2.75, 3.05) is 7.11 Å². The number of hydrogen-bond acceptors (Lipinski definition) is 2. The Morgan fingerprint density at radius 2 is 1.78 bits per heavy atom. The Kier molecular flexibility index (Phi) is 3.68. The van der Waals surface area contributed by atoms with Gasteiger partial charge in [0, 0.05) is 16.1 Å². The number of benzene rings is 2. The summed E-state index contributed by atoms with van der Waals surface area (Å²) in [6, 6.07) is 12.9. The largest absolute Gasteiger partial charge is 0.496 e. The summed E-state index contributed by atoms with van der Waals surface area (Å²) in [7, 11) is 1.60. The first-order valence-electron chi connectivity index (χ1n) is 5.56. The van der Waals surface area contributed by atoms with Crippen LogP contribution in [0.1, 0.15) is 17.3 Å². The summed E-state index contributed by atoms with van der Waals surface area (Å²) < 4.78 is 5.34. The lowest BCUT2D eigenvalue weighted by atomic mass is 10.0. The molecule has 0 saturated heterocycles. The lowest BCUT2D eigenvalue weighted by molar-refractivity contribution is 0.101. The molecular formula is C15H13ClO2. The zero-order chi connectivity index (χ0) is 13.1. The van der Waals surface area contributed by atoms with E-state index < -0.39 is 0 Å². The molecule has 0 aliphatic carbocycles. The van der Waals surface area contributed by atoms with E-state index in [9.17, 15) is 4.79 Å². The minimum atomic E-state index is 0.0240. The van der Waals surface area contributed by atoms with E-state index in [2.05, 4.69) is 0 Å². The van der Waals surface area contributed by atoms with Gasteiger partial charge in [-0.25, -0.2) is 0 Å². The zero-order valence-corrected chi connectivity index (χ0v) is 11.0. The SMILES string of the molecule is COc1cc(C(C)=O)ccc1-c1ccc(Cl)cc1. The molecule has 92 valence electrons. The molecule has 0 unspecified atom stereocenters. The van der Waals surface area contributed by atoms with Crippen LogP contribution in [-0.2, 0) is 0 Å². The van der Waals surface area contributed by atoms with Crippen LogP contribution in [0.2, 0.25) is 5.02 Å². The second-order valence-electron chi connectivity index (χ2n) is 3.98. The first-order chi connectivity index (χ1) is 8.61. The molecule has 0 N–H and O–H groups in total. The molecule has 2 nitrogen and oxygen atoms in total. The van der Waals surface area contributed by atoms with Crippen molar-refractivity contribution in [2.24, 2.45) is 0 Å². The molecule has 0 aliphatic rings. The highest BCUT2D eigenvalue weighted by molar-refractivity contribution is 6.30. The maximum absolute atomic E-state index is 11.3. The highest BCUT2D eigenvalue weighted by Crippen LogP contribution is 2.31. The van der Waals surface area contributed by atoms with Gasteiger partial charge in [0.25, 0.3) is 0 Å². The van der Waals surface area contributed by atoms with Gasteiger partial charge in [0.1, 0.15) is 5.75 Å². The van der Waals surface area contributed by atoms with Crippen LogP contribution in [0.15, 0.2) is 42.5 Å². The Balaban J connectivity index is 2.50. The van der Waals surface area contributed by atoms with Gasteiger partial charge in [-0.15, -0.1) is 0 Å². The third-order valence-electron chi connectivity index (χ3n) is 2.76. The molecule has 2 aromatic carbocycles. The second kappa shape index (κ2) is 5.23. The van der Waals surface area contributed by atoms with E-state index in [1.54, 1.807) is 19.2 Å². The Hall–Kier alpha value is -1.80. The van der Waals surface area contributed by atoms with Crippen LogP contribution in [0.3, 0.4) is 0 Å². The van der Waals surface area contributed by atoms with Crippen molar-refractivity contribution in [1.29, 1.82) is 0 Å². The minimum absolute atomic E-state index is 0.0240. The Bertz CT molecular complexity index is 574. The van der Waals surface area contributed by atoms with E-state index in [1.165, 1.54) is 6.92 Å². The van der Waals surface area contributed by atoms with E-state index in [0.29, 0.717) is 16.3 Å². The van der Waals surface area contributed by atoms with Crippen molar-refractivity contribution in [3.05, 3.63) is 53.1 Å². The Morgan fingerprint density at radius 3 is 2.33 bits per heavy atom. The number of halogens is 1. The third-order valence-corrected chi connectivity index (χ3v) is 3.02. The molecular weight excluding hydrogens is 248 g/mol. The van der Waals surface area contributed by atoms with Crippen molar-refractivity contribution in [3.8, 4) is 16.9 Å². The first-order valence-corrected chi connectivity index (χ1v) is 5.94. The molecule has 2 rings (SSSR count). The van der Waals surface area contributed by atoms with Gasteiger partial charge in [-0.1, -0.05) is 29.8 Å². The van der Waals surface area contributed by atoms with Crippen LogP contribution in [0.25, 0.3) is 11.1 Å². The number of Topliss-reactive ketones (excluding diaryl/α,β-unsaturated/α-hetero) is 1. The highest BCUT2D eigenvalue weighted by Gasteiger charge is 2.08. The Morgan fingerprint density at radius 1 is 1.11 bits per heavy atom. The fourth-order valence-electron chi connectivity index (χ4n) is 1.78. The minimum Gasteiger partial charge on any atom is -0.496 e. The van der Waals surface area contributed by atoms with E-state index in [4.69, 9.17) is 16.3 Å². The number of ether oxygens (including phenoxy) is 1. The molecule has 0 radical (unpaired) electrons. The topological polar surface area (TPSA) is 26.3 Å². The molecule has 0 aliphatic heterocycles. The maximum atomic E-state index is 11.3. The van der Waals surface area contributed by atoms with Crippen LogP contribution in [-0.4, -0.2) is 12.9 Å². The fraction of sp³-hybridized carbons (Fsp3) is 0.133. The molecule has 0 amide bonds. The molecule has 18 heavy (non-hydrogen) atoms. The number of hydrogen-bond donors (Lipinski definition) is 0. The van der Waals surface area contributed by atoms with Gasteiger partial charge < -0.3 is 4.74 Å². The van der Waals surface area contributed by atoms with Gasteiger partial charge in [-0.05, 0) is 36.8 Å². The van der Waals surface area contributed by atoms with E-state index in [0.717, 1.165) is 11.1 Å². The summed E-state index contributed by atoms with van der Waals surface area (Å²) in [6.07, 6.45) is 0. The summed E-state index contributed by atoms with van der Waals surface area (Å²) in [5.41, 5.74) is 2.59. The van der Waals surface area contributed by atoms with E-state index in [-0.39, 0.29) is 5.78 Å². The third kappa shape index (κ3) is 2.54. The molecule has 0 bridgehead atoms. The smallest absolute Gasteiger partial charge is 0.159 e. The normalized spacial score (nSPS) is 10.2. The highest BCUT2D eigenvalue weighted by atomic mass is 35.5. The molecule has 0 fully saturated rings. The monoisotopic (exact) mass is 260 g/mol. The number of methoxy groups -OCH3 is 1. The van der Waals surface area contributed by atoms with Gasteiger partial charge in [-0.2, -0.15) is 0 Å². The van der Waals surface area contributed by atoms with Crippen molar-refractivity contribution >= 4 is 17.4 Å². The average molecular weight is 261 g/mol. The summed E-state index contributed by atoms with van der Waals surface area (Å²) in [6.45, 7) is 1.54. The van der Waals surface area contributed by atoms with Crippen molar-refractivity contribution < 1.29 is 9.53 Å². The molecule has 3 heteroatoms. The van der Waals surface area contributed by atoms with Crippen molar-refractivity contribution in [2.45, 2.75) is 6.92 Å². The van der Waals surface area contributed by atoms with E-state index in [1.807, 2.05) is 30.3 Å². The molecule has 0 saturated carbocycles. The standard InChI is InChI=1S/C15H13ClO2/c1-10(17)12-5-8-14(15(9-12)18-2)11-3-6-13(16)7-4-11/h3-9H,1-2H3. The average Bonchev–Trinajstić information content (AvgIpc) is 2.39. The molecule has 0 atom stereocenters. The summed E-state index contributed by atoms with van der Waals surface area (Å²) >= 11 is 5.86. The summed E-state index contributed by atoms with van der Waals surface area (Å²) in [5, 5.41) is 0.693. The van der Waals surface area contributed by atoms with E-state index >= 15 is 0 Å². The van der Waals surface area contributed by atoms with Crippen LogP contribution in [0.5, 0.6) is 5.75 Å². The molecule has 2 aromatic rings. The van der Waals surface area contributed by atoms with Crippen LogP contribution < -0.4 is 4.74 Å². The van der Waals surface area contributed by atoms with Crippen LogP contribution >= 0.6 is 11.6 Å². The predicted molar refractivity (Wildman–Crippen MR) is 73.4 cm³/mol. The molecule has 0 heterocycles. The Labute approximate surface area is 111 Å². The summed E-state index contributed by atoms with van der Waals surface area (Å²) in [4.78, 5) is 11.3. The fourth-order valence-corrected chi connectivity index (χ4v) is 1.90. The molecule has 0 aromatic heterocycles. The first kappa shape index (κ1) is 12.7. The number of carbonyl (C=O) groups excluding carboxylic acids is 1.